The molecule has 72 valence electrons. The minimum absolute atomic E-state index is 0.119. The molecule has 0 bridgehead atoms. The molecule has 0 fully saturated rings. The molecular weight excluding hydrogens is 162 g/mol. The van der Waals surface area contributed by atoms with E-state index < -0.39 is 0 Å². The van der Waals surface area contributed by atoms with Crippen molar-refractivity contribution in [1.29, 1.82) is 0 Å². The van der Waals surface area contributed by atoms with E-state index in [9.17, 15) is 0 Å². The van der Waals surface area contributed by atoms with E-state index in [1.165, 1.54) is 5.56 Å². The third kappa shape index (κ3) is 2.29. The van der Waals surface area contributed by atoms with Crippen molar-refractivity contribution in [3.8, 4) is 0 Å². The lowest BCUT2D eigenvalue weighted by Crippen LogP contribution is -2.18. The molecular formula is C11H17NO. The Morgan fingerprint density at radius 2 is 1.92 bits per heavy atom. The first-order valence-electron chi connectivity index (χ1n) is 4.52. The molecule has 0 aliphatic rings. The Labute approximate surface area is 79.8 Å². The molecule has 1 aromatic rings. The second-order valence-corrected chi connectivity index (χ2v) is 3.50. The number of benzene rings is 1. The zero-order chi connectivity index (χ0) is 9.84. The van der Waals surface area contributed by atoms with Crippen molar-refractivity contribution in [2.24, 2.45) is 0 Å². The highest BCUT2D eigenvalue weighted by molar-refractivity contribution is 5.28. The van der Waals surface area contributed by atoms with Crippen molar-refractivity contribution in [3.05, 3.63) is 35.4 Å². The number of aliphatic hydroxyl groups is 1. The molecule has 1 N–H and O–H groups in total. The van der Waals surface area contributed by atoms with E-state index >= 15 is 0 Å². The van der Waals surface area contributed by atoms with Crippen LogP contribution in [0.3, 0.4) is 0 Å². The molecule has 0 aliphatic heterocycles. The maximum atomic E-state index is 9.13. The average molecular weight is 179 g/mol. The van der Waals surface area contributed by atoms with E-state index in [2.05, 4.69) is 17.9 Å². The van der Waals surface area contributed by atoms with Crippen molar-refractivity contribution < 1.29 is 5.11 Å². The fourth-order valence-electron chi connectivity index (χ4n) is 1.36. The molecule has 2 heteroatoms. The summed E-state index contributed by atoms with van der Waals surface area (Å²) in [4.78, 5) is 2.13. The van der Waals surface area contributed by atoms with Gasteiger partial charge in [0, 0.05) is 6.04 Å². The third-order valence-electron chi connectivity index (χ3n) is 2.45. The van der Waals surface area contributed by atoms with Gasteiger partial charge in [0.05, 0.1) is 6.61 Å². The molecule has 0 saturated carbocycles. The van der Waals surface area contributed by atoms with Crippen molar-refractivity contribution in [2.45, 2.75) is 19.6 Å². The van der Waals surface area contributed by atoms with Gasteiger partial charge in [0.25, 0.3) is 0 Å². The largest absolute Gasteiger partial charge is 0.392 e. The van der Waals surface area contributed by atoms with E-state index in [1.54, 1.807) is 0 Å². The quantitative estimate of drug-likeness (QED) is 0.764. The Morgan fingerprint density at radius 3 is 2.46 bits per heavy atom. The Kier molecular flexibility index (Phi) is 3.46. The molecule has 0 amide bonds. The molecule has 13 heavy (non-hydrogen) atoms. The van der Waals surface area contributed by atoms with Crippen LogP contribution in [0.15, 0.2) is 24.3 Å². The number of aliphatic hydroxyl groups excluding tert-OH is 1. The molecule has 0 unspecified atom stereocenters. The van der Waals surface area contributed by atoms with Gasteiger partial charge in [-0.15, -0.1) is 0 Å². The van der Waals surface area contributed by atoms with E-state index in [4.69, 9.17) is 5.11 Å². The Hall–Kier alpha value is -0.860. The second-order valence-electron chi connectivity index (χ2n) is 3.50. The van der Waals surface area contributed by atoms with Gasteiger partial charge in [0.2, 0.25) is 0 Å². The van der Waals surface area contributed by atoms with Crippen LogP contribution >= 0.6 is 0 Å². The van der Waals surface area contributed by atoms with Gasteiger partial charge >= 0.3 is 0 Å². The fraction of sp³-hybridized carbons (Fsp3) is 0.455. The highest BCUT2D eigenvalue weighted by Crippen LogP contribution is 2.21. The molecule has 0 radical (unpaired) electrons. The van der Waals surface area contributed by atoms with Crippen molar-refractivity contribution in [2.75, 3.05) is 14.1 Å². The maximum absolute atomic E-state index is 9.13. The van der Waals surface area contributed by atoms with Gasteiger partial charge in [-0.05, 0) is 32.1 Å². The van der Waals surface area contributed by atoms with Crippen LogP contribution in [0.25, 0.3) is 0 Å². The monoisotopic (exact) mass is 179 g/mol. The molecule has 2 nitrogen and oxygen atoms in total. The van der Waals surface area contributed by atoms with E-state index in [1.807, 2.05) is 32.3 Å². The smallest absolute Gasteiger partial charge is 0.0685 e. The average Bonchev–Trinajstić information content (AvgIpc) is 2.16. The van der Waals surface area contributed by atoms with Crippen molar-refractivity contribution in [1.82, 2.24) is 4.90 Å². The zero-order valence-corrected chi connectivity index (χ0v) is 8.49. The van der Waals surface area contributed by atoms with Gasteiger partial charge in [0.15, 0.2) is 0 Å². The van der Waals surface area contributed by atoms with Gasteiger partial charge in [0.1, 0.15) is 0 Å². The summed E-state index contributed by atoms with van der Waals surface area (Å²) >= 11 is 0. The Morgan fingerprint density at radius 1 is 1.31 bits per heavy atom. The maximum Gasteiger partial charge on any atom is 0.0685 e. The third-order valence-corrected chi connectivity index (χ3v) is 2.45. The van der Waals surface area contributed by atoms with E-state index in [0.717, 1.165) is 5.56 Å². The summed E-state index contributed by atoms with van der Waals surface area (Å²) < 4.78 is 0. The van der Waals surface area contributed by atoms with Crippen LogP contribution in [-0.2, 0) is 6.61 Å². The minimum atomic E-state index is 0.119. The zero-order valence-electron chi connectivity index (χ0n) is 8.49. The Bertz CT molecular complexity index is 271. The highest BCUT2D eigenvalue weighted by Gasteiger charge is 2.10. The summed E-state index contributed by atoms with van der Waals surface area (Å²) in [5, 5.41) is 9.13. The van der Waals surface area contributed by atoms with E-state index in [0.29, 0.717) is 6.04 Å². The lowest BCUT2D eigenvalue weighted by Gasteiger charge is -2.22. The summed E-state index contributed by atoms with van der Waals surface area (Å²) in [6.07, 6.45) is 0. The summed E-state index contributed by atoms with van der Waals surface area (Å²) in [5.74, 6) is 0. The predicted octanol–water partition coefficient (Wildman–Crippen LogP) is 1.80. The van der Waals surface area contributed by atoms with Crippen LogP contribution < -0.4 is 0 Å². The summed E-state index contributed by atoms with van der Waals surface area (Å²) in [6.45, 7) is 2.25. The molecule has 0 aliphatic carbocycles. The molecule has 0 spiro atoms. The van der Waals surface area contributed by atoms with Gasteiger partial charge in [-0.2, -0.15) is 0 Å². The van der Waals surface area contributed by atoms with Crippen molar-refractivity contribution in [3.63, 3.8) is 0 Å². The first kappa shape index (κ1) is 10.2. The topological polar surface area (TPSA) is 23.5 Å². The Balaban J connectivity index is 2.98. The number of hydrogen-bond acceptors (Lipinski definition) is 2. The lowest BCUT2D eigenvalue weighted by atomic mass is 10.0. The van der Waals surface area contributed by atoms with Crippen molar-refractivity contribution >= 4 is 0 Å². The minimum Gasteiger partial charge on any atom is -0.392 e. The summed E-state index contributed by atoms with van der Waals surface area (Å²) in [7, 11) is 4.08. The summed E-state index contributed by atoms with van der Waals surface area (Å²) in [6, 6.07) is 8.35. The second kappa shape index (κ2) is 4.40. The molecule has 0 aromatic heterocycles. The molecule has 0 heterocycles. The SMILES string of the molecule is C[C@H](c1ccccc1CO)N(C)C. The number of rotatable bonds is 3. The van der Waals surface area contributed by atoms with Crippen LogP contribution in [0.5, 0.6) is 0 Å². The van der Waals surface area contributed by atoms with E-state index in [-0.39, 0.29) is 6.61 Å². The van der Waals surface area contributed by atoms with Gasteiger partial charge in [-0.1, -0.05) is 24.3 Å². The molecule has 1 aromatic carbocycles. The first-order chi connectivity index (χ1) is 6.16. The van der Waals surface area contributed by atoms with Gasteiger partial charge < -0.3 is 10.0 Å². The highest BCUT2D eigenvalue weighted by atomic mass is 16.3. The number of hydrogen-bond donors (Lipinski definition) is 1. The normalized spacial score (nSPS) is 13.3. The van der Waals surface area contributed by atoms with Gasteiger partial charge in [-0.3, -0.25) is 0 Å². The standard InChI is InChI=1S/C11H17NO/c1-9(12(2)3)11-7-5-4-6-10(11)8-13/h4-7,9,13H,8H2,1-3H3/t9-/m1/s1. The predicted molar refractivity (Wildman–Crippen MR) is 54.5 cm³/mol. The first-order valence-corrected chi connectivity index (χ1v) is 4.52. The van der Waals surface area contributed by atoms with Gasteiger partial charge in [-0.25, -0.2) is 0 Å². The number of nitrogens with zero attached hydrogens (tertiary/aromatic N) is 1. The molecule has 0 saturated heterocycles. The molecule has 1 atom stereocenters. The summed E-state index contributed by atoms with van der Waals surface area (Å²) in [5.41, 5.74) is 2.22. The van der Waals surface area contributed by atoms with Crippen LogP contribution in [0, 0.1) is 0 Å². The van der Waals surface area contributed by atoms with Crippen LogP contribution in [0.1, 0.15) is 24.1 Å². The fourth-order valence-corrected chi connectivity index (χ4v) is 1.36. The van der Waals surface area contributed by atoms with Crippen LogP contribution in [-0.4, -0.2) is 24.1 Å². The molecule has 1 rings (SSSR count). The van der Waals surface area contributed by atoms with Crippen LogP contribution in [0.2, 0.25) is 0 Å². The lowest BCUT2D eigenvalue weighted by molar-refractivity contribution is 0.271. The van der Waals surface area contributed by atoms with Crippen LogP contribution in [0.4, 0.5) is 0 Å².